The van der Waals surface area contributed by atoms with Crippen LogP contribution in [0.15, 0.2) is 30.6 Å². The van der Waals surface area contributed by atoms with Gasteiger partial charge in [0.15, 0.2) is 11.6 Å². The van der Waals surface area contributed by atoms with Gasteiger partial charge in [0.1, 0.15) is 6.33 Å². The van der Waals surface area contributed by atoms with Gasteiger partial charge in [0.2, 0.25) is 5.82 Å². The zero-order valence-electron chi connectivity index (χ0n) is 18.3. The molecular formula is C24H31F3N4. The van der Waals surface area contributed by atoms with Gasteiger partial charge >= 0.3 is 0 Å². The lowest BCUT2D eigenvalue weighted by molar-refractivity contribution is 0.0174. The van der Waals surface area contributed by atoms with Gasteiger partial charge in [0.25, 0.3) is 5.92 Å². The molecule has 1 saturated carbocycles. The van der Waals surface area contributed by atoms with E-state index in [4.69, 9.17) is 0 Å². The van der Waals surface area contributed by atoms with Gasteiger partial charge in [-0.3, -0.25) is 0 Å². The van der Waals surface area contributed by atoms with Crippen LogP contribution >= 0.6 is 0 Å². The molecule has 1 aliphatic carbocycles. The molecule has 1 atom stereocenters. The van der Waals surface area contributed by atoms with Gasteiger partial charge < -0.3 is 10.2 Å². The molecule has 4 rings (SSSR count). The summed E-state index contributed by atoms with van der Waals surface area (Å²) in [6.45, 7) is 4.47. The van der Waals surface area contributed by atoms with Crippen LogP contribution in [0.5, 0.6) is 0 Å². The molecule has 2 aliphatic rings. The molecule has 4 nitrogen and oxygen atoms in total. The van der Waals surface area contributed by atoms with Crippen LogP contribution in [0.2, 0.25) is 0 Å². The van der Waals surface area contributed by atoms with Gasteiger partial charge in [-0.25, -0.2) is 18.7 Å². The maximum atomic E-state index is 15.4. The van der Waals surface area contributed by atoms with E-state index >= 15 is 4.39 Å². The fourth-order valence-electron chi connectivity index (χ4n) is 5.04. The third-order valence-electron chi connectivity index (χ3n) is 6.92. The Morgan fingerprint density at radius 2 is 1.90 bits per heavy atom. The third kappa shape index (κ3) is 4.51. The lowest BCUT2D eigenvalue weighted by Crippen LogP contribution is -2.37. The van der Waals surface area contributed by atoms with Crippen molar-refractivity contribution in [2.24, 2.45) is 5.41 Å². The second kappa shape index (κ2) is 8.67. The lowest BCUT2D eigenvalue weighted by Gasteiger charge is -2.42. The molecule has 168 valence electrons. The Balaban J connectivity index is 1.52. The Bertz CT molecular complexity index is 891. The SMILES string of the molecule is CCCC1(CNc2ncnc(N3CCC[C@@H]3c3ccc(C(C)(F)F)cc3)c2F)CCC1. The van der Waals surface area contributed by atoms with E-state index in [1.54, 1.807) is 12.1 Å². The minimum atomic E-state index is -2.87. The van der Waals surface area contributed by atoms with E-state index < -0.39 is 11.7 Å². The van der Waals surface area contributed by atoms with Gasteiger partial charge in [-0.1, -0.05) is 44.0 Å². The number of hydrogen-bond acceptors (Lipinski definition) is 4. The highest BCUT2D eigenvalue weighted by Crippen LogP contribution is 2.45. The zero-order valence-corrected chi connectivity index (χ0v) is 18.3. The highest BCUT2D eigenvalue weighted by Gasteiger charge is 2.36. The van der Waals surface area contributed by atoms with Crippen LogP contribution in [-0.2, 0) is 5.92 Å². The number of rotatable bonds is 8. The summed E-state index contributed by atoms with van der Waals surface area (Å²) in [5.41, 5.74) is 1.14. The number of aromatic nitrogens is 2. The van der Waals surface area contributed by atoms with Crippen LogP contribution in [-0.4, -0.2) is 23.1 Å². The smallest absolute Gasteiger partial charge is 0.270 e. The van der Waals surface area contributed by atoms with Crippen molar-refractivity contribution in [1.82, 2.24) is 9.97 Å². The first kappa shape index (κ1) is 21.9. The third-order valence-corrected chi connectivity index (χ3v) is 6.92. The molecule has 0 radical (unpaired) electrons. The molecule has 2 heterocycles. The van der Waals surface area contributed by atoms with Crippen LogP contribution in [0, 0.1) is 11.2 Å². The summed E-state index contributed by atoms with van der Waals surface area (Å²) >= 11 is 0. The zero-order chi connectivity index (χ0) is 22.1. The molecule has 2 aromatic rings. The molecule has 7 heteroatoms. The normalized spacial score (nSPS) is 20.5. The average Bonchev–Trinajstić information content (AvgIpc) is 3.20. The average molecular weight is 433 g/mol. The molecule has 0 amide bonds. The number of benzene rings is 1. The molecule has 1 aromatic heterocycles. The van der Waals surface area contributed by atoms with Crippen molar-refractivity contribution in [3.05, 3.63) is 47.5 Å². The van der Waals surface area contributed by atoms with Crippen LogP contribution in [0.4, 0.5) is 24.8 Å². The van der Waals surface area contributed by atoms with Crippen LogP contribution in [0.3, 0.4) is 0 Å². The highest BCUT2D eigenvalue weighted by atomic mass is 19.3. The Labute approximate surface area is 182 Å². The fraction of sp³-hybridized carbons (Fsp3) is 0.583. The minimum absolute atomic E-state index is 0.0162. The van der Waals surface area contributed by atoms with Crippen molar-refractivity contribution < 1.29 is 13.2 Å². The molecule has 0 bridgehead atoms. The summed E-state index contributed by atoms with van der Waals surface area (Å²) in [5.74, 6) is -2.78. The summed E-state index contributed by atoms with van der Waals surface area (Å²) in [7, 11) is 0. The first-order valence-corrected chi connectivity index (χ1v) is 11.3. The Morgan fingerprint density at radius 1 is 1.16 bits per heavy atom. The molecular weight excluding hydrogens is 401 g/mol. The molecule has 0 unspecified atom stereocenters. The van der Waals surface area contributed by atoms with Gasteiger partial charge in [-0.15, -0.1) is 0 Å². The van der Waals surface area contributed by atoms with Crippen molar-refractivity contribution in [2.45, 2.75) is 70.8 Å². The fourth-order valence-corrected chi connectivity index (χ4v) is 5.04. The van der Waals surface area contributed by atoms with Crippen LogP contribution in [0.25, 0.3) is 0 Å². The van der Waals surface area contributed by atoms with Gasteiger partial charge in [0, 0.05) is 25.6 Å². The van der Waals surface area contributed by atoms with E-state index in [1.807, 2.05) is 4.90 Å². The minimum Gasteiger partial charge on any atom is -0.367 e. The summed E-state index contributed by atoms with van der Waals surface area (Å²) < 4.78 is 42.5. The number of nitrogens with one attached hydrogen (secondary N) is 1. The monoisotopic (exact) mass is 432 g/mol. The van der Waals surface area contributed by atoms with Gasteiger partial charge in [0.05, 0.1) is 6.04 Å². The summed E-state index contributed by atoms with van der Waals surface area (Å²) in [5, 5.41) is 3.25. The predicted octanol–water partition coefficient (Wildman–Crippen LogP) is 6.45. The van der Waals surface area contributed by atoms with E-state index in [-0.39, 0.29) is 28.7 Å². The molecule has 1 N–H and O–H groups in total. The van der Waals surface area contributed by atoms with Crippen LogP contribution < -0.4 is 10.2 Å². The Hall–Kier alpha value is -2.31. The molecule has 1 saturated heterocycles. The predicted molar refractivity (Wildman–Crippen MR) is 117 cm³/mol. The van der Waals surface area contributed by atoms with Gasteiger partial charge in [-0.2, -0.15) is 4.39 Å². The number of anilines is 2. The summed E-state index contributed by atoms with van der Waals surface area (Å²) in [6, 6.07) is 6.27. The second-order valence-electron chi connectivity index (χ2n) is 9.18. The number of halogens is 3. The summed E-state index contributed by atoms with van der Waals surface area (Å²) in [4.78, 5) is 10.3. The van der Waals surface area contributed by atoms with Crippen molar-refractivity contribution >= 4 is 11.6 Å². The maximum absolute atomic E-state index is 15.4. The molecule has 0 spiro atoms. The van der Waals surface area contributed by atoms with E-state index in [0.717, 1.165) is 44.7 Å². The largest absolute Gasteiger partial charge is 0.367 e. The number of nitrogens with zero attached hydrogens (tertiary/aromatic N) is 3. The molecule has 31 heavy (non-hydrogen) atoms. The standard InChI is InChI=1S/C24H31F3N4/c1-3-11-24(12-5-13-24)15-28-21-20(25)22(30-16-29-21)31-14-4-6-19(31)17-7-9-18(10-8-17)23(2,26)27/h7-10,16,19H,3-6,11-15H2,1-2H3,(H,28,29,30)/t19-/m1/s1. The topological polar surface area (TPSA) is 41.1 Å². The van der Waals surface area contributed by atoms with Crippen LogP contribution in [0.1, 0.15) is 76.0 Å². The number of alkyl halides is 2. The van der Waals surface area contributed by atoms with Gasteiger partial charge in [-0.05, 0) is 43.1 Å². The van der Waals surface area contributed by atoms with E-state index in [2.05, 4.69) is 22.2 Å². The summed E-state index contributed by atoms with van der Waals surface area (Å²) in [6.07, 6.45) is 8.97. The number of hydrogen-bond donors (Lipinski definition) is 1. The lowest BCUT2D eigenvalue weighted by atomic mass is 9.66. The maximum Gasteiger partial charge on any atom is 0.270 e. The van der Waals surface area contributed by atoms with Crippen molar-refractivity contribution in [3.8, 4) is 0 Å². The second-order valence-corrected chi connectivity index (χ2v) is 9.18. The quantitative estimate of drug-likeness (QED) is 0.520. The van der Waals surface area contributed by atoms with Crippen molar-refractivity contribution in [1.29, 1.82) is 0 Å². The van der Waals surface area contributed by atoms with Crippen molar-refractivity contribution in [3.63, 3.8) is 0 Å². The Kier molecular flexibility index (Phi) is 6.13. The first-order chi connectivity index (χ1) is 14.8. The molecule has 2 fully saturated rings. The van der Waals surface area contributed by atoms with E-state index in [1.165, 1.54) is 37.7 Å². The molecule has 1 aliphatic heterocycles. The van der Waals surface area contributed by atoms with E-state index in [0.29, 0.717) is 6.54 Å². The molecule has 1 aromatic carbocycles. The highest BCUT2D eigenvalue weighted by molar-refractivity contribution is 5.53. The van der Waals surface area contributed by atoms with E-state index in [9.17, 15) is 8.78 Å². The first-order valence-electron chi connectivity index (χ1n) is 11.3. The van der Waals surface area contributed by atoms with Crippen molar-refractivity contribution in [2.75, 3.05) is 23.3 Å². The Morgan fingerprint density at radius 3 is 2.52 bits per heavy atom.